The van der Waals surface area contributed by atoms with E-state index in [0.29, 0.717) is 23.8 Å². The monoisotopic (exact) mass is 438 g/mol. The van der Waals surface area contributed by atoms with E-state index in [4.69, 9.17) is 11.6 Å². The number of halogens is 1. The van der Waals surface area contributed by atoms with Crippen molar-refractivity contribution in [2.45, 2.75) is 19.4 Å². The Hall–Kier alpha value is -2.90. The Morgan fingerprint density at radius 2 is 1.84 bits per heavy atom. The summed E-state index contributed by atoms with van der Waals surface area (Å²) in [6, 6.07) is 13.3. The molecule has 4 amide bonds. The molecule has 0 bridgehead atoms. The zero-order valence-electron chi connectivity index (χ0n) is 17.2. The van der Waals surface area contributed by atoms with Crippen molar-refractivity contribution in [3.8, 4) is 0 Å². The third kappa shape index (κ3) is 2.87. The Morgan fingerprint density at radius 1 is 1.06 bits per heavy atom. The lowest BCUT2D eigenvalue weighted by molar-refractivity contribution is -0.145. The molecule has 0 aromatic heterocycles. The number of nitrogens with zero attached hydrogens (tertiary/aromatic N) is 3. The maximum atomic E-state index is 14.1. The molecular formula is C23H23ClN4O3. The molecule has 2 saturated heterocycles. The lowest BCUT2D eigenvalue weighted by Crippen LogP contribution is -2.75. The minimum Gasteiger partial charge on any atom is -0.364 e. The minimum absolute atomic E-state index is 0.155. The highest BCUT2D eigenvalue weighted by molar-refractivity contribution is 6.33. The summed E-state index contributed by atoms with van der Waals surface area (Å²) >= 11 is 6.55. The van der Waals surface area contributed by atoms with Crippen molar-refractivity contribution in [1.82, 2.24) is 10.2 Å². The maximum Gasteiger partial charge on any atom is 0.335 e. The number of carbonyl (C=O) groups excluding carboxylic acids is 3. The number of benzene rings is 2. The Labute approximate surface area is 185 Å². The van der Waals surface area contributed by atoms with E-state index < -0.39 is 29.3 Å². The van der Waals surface area contributed by atoms with Crippen molar-refractivity contribution in [1.29, 1.82) is 0 Å². The first-order chi connectivity index (χ1) is 15.0. The zero-order chi connectivity index (χ0) is 21.8. The summed E-state index contributed by atoms with van der Waals surface area (Å²) in [5.74, 6) is -1.04. The summed E-state index contributed by atoms with van der Waals surface area (Å²) in [6.07, 6.45) is 0.155. The van der Waals surface area contributed by atoms with E-state index in [1.165, 1.54) is 0 Å². The molecule has 2 fully saturated rings. The molecule has 5 rings (SSSR count). The predicted octanol–water partition coefficient (Wildman–Crippen LogP) is 2.68. The molecule has 0 saturated carbocycles. The number of imide groups is 2. The average Bonchev–Trinajstić information content (AvgIpc) is 2.78. The maximum absolute atomic E-state index is 14.1. The third-order valence-corrected chi connectivity index (χ3v) is 7.12. The number of barbiturate groups is 1. The summed E-state index contributed by atoms with van der Waals surface area (Å²) in [6.45, 7) is 4.94. The first kappa shape index (κ1) is 20.0. The van der Waals surface area contributed by atoms with E-state index in [0.717, 1.165) is 29.2 Å². The molecule has 3 heterocycles. The number of likely N-dealkylation sites (N-methyl/N-ethyl adjacent to an activating group) is 1. The van der Waals surface area contributed by atoms with Gasteiger partial charge in [0.05, 0.1) is 11.7 Å². The lowest BCUT2D eigenvalue weighted by atomic mass is 9.67. The molecule has 7 nitrogen and oxygen atoms in total. The Morgan fingerprint density at radius 3 is 2.58 bits per heavy atom. The Kier molecular flexibility index (Phi) is 4.75. The first-order valence-electron chi connectivity index (χ1n) is 10.5. The summed E-state index contributed by atoms with van der Waals surface area (Å²) in [7, 11) is 0. The largest absolute Gasteiger partial charge is 0.364 e. The van der Waals surface area contributed by atoms with Gasteiger partial charge in [0.25, 0.3) is 5.91 Å². The van der Waals surface area contributed by atoms with Crippen LogP contribution < -0.4 is 15.1 Å². The summed E-state index contributed by atoms with van der Waals surface area (Å²) in [5.41, 5.74) is 0.727. The van der Waals surface area contributed by atoms with Crippen LogP contribution in [0, 0.1) is 5.41 Å². The van der Waals surface area contributed by atoms with Crippen molar-refractivity contribution in [2.24, 2.45) is 5.41 Å². The van der Waals surface area contributed by atoms with Crippen molar-refractivity contribution in [2.75, 3.05) is 36.0 Å². The lowest BCUT2D eigenvalue weighted by Gasteiger charge is -2.55. The number of urea groups is 1. The molecule has 31 heavy (non-hydrogen) atoms. The fourth-order valence-electron chi connectivity index (χ4n) is 5.14. The minimum atomic E-state index is -1.45. The van der Waals surface area contributed by atoms with Gasteiger partial charge >= 0.3 is 6.03 Å². The molecular weight excluding hydrogens is 416 g/mol. The number of hydrogen-bond acceptors (Lipinski definition) is 5. The molecule has 1 spiro atoms. The van der Waals surface area contributed by atoms with Crippen molar-refractivity contribution >= 4 is 40.8 Å². The van der Waals surface area contributed by atoms with Gasteiger partial charge in [-0.1, -0.05) is 42.8 Å². The van der Waals surface area contributed by atoms with E-state index in [2.05, 4.69) is 22.0 Å². The quantitative estimate of drug-likeness (QED) is 0.730. The predicted molar refractivity (Wildman–Crippen MR) is 118 cm³/mol. The standard InChI is InChI=1S/C23H23ClN4O3/c1-2-26-11-12-27-18-10-6-9-17(24)16(18)13-23(19(27)14-26)20(29)25-22(31)28(21(23)30)15-7-4-3-5-8-15/h3-10,19H,2,11-14H2,1H3,(H,25,29,31). The van der Waals surface area contributed by atoms with Gasteiger partial charge in [-0.2, -0.15) is 0 Å². The van der Waals surface area contributed by atoms with Crippen LogP contribution >= 0.6 is 11.6 Å². The highest BCUT2D eigenvalue weighted by Gasteiger charge is 2.63. The van der Waals surface area contributed by atoms with Crippen LogP contribution in [0.3, 0.4) is 0 Å². The molecule has 2 aromatic carbocycles. The van der Waals surface area contributed by atoms with Crippen LogP contribution in [0.4, 0.5) is 16.2 Å². The van der Waals surface area contributed by atoms with Gasteiger partial charge < -0.3 is 4.90 Å². The van der Waals surface area contributed by atoms with E-state index in [-0.39, 0.29) is 6.42 Å². The number of rotatable bonds is 2. The van der Waals surface area contributed by atoms with Crippen molar-refractivity contribution in [3.05, 3.63) is 59.1 Å². The molecule has 2 unspecified atom stereocenters. The average molecular weight is 439 g/mol. The SMILES string of the molecule is CCN1CCN2c3cccc(Cl)c3CC3(C(=O)NC(=O)N(c4ccccc4)C3=O)C2C1. The van der Waals surface area contributed by atoms with Gasteiger partial charge in [-0.25, -0.2) is 9.69 Å². The van der Waals surface area contributed by atoms with Crippen LogP contribution in [0.5, 0.6) is 0 Å². The smallest absolute Gasteiger partial charge is 0.335 e. The molecule has 0 radical (unpaired) electrons. The molecule has 2 aromatic rings. The fourth-order valence-corrected chi connectivity index (χ4v) is 5.38. The van der Waals surface area contributed by atoms with Gasteiger partial charge in [0.1, 0.15) is 0 Å². The normalized spacial score (nSPS) is 26.0. The molecule has 3 aliphatic heterocycles. The molecule has 8 heteroatoms. The first-order valence-corrected chi connectivity index (χ1v) is 10.9. The fraction of sp³-hybridized carbons (Fsp3) is 0.348. The molecule has 0 aliphatic carbocycles. The number of amides is 4. The number of carbonyl (C=O) groups is 3. The number of piperazine rings is 1. The number of hydrogen-bond donors (Lipinski definition) is 1. The second-order valence-electron chi connectivity index (χ2n) is 8.22. The van der Waals surface area contributed by atoms with Crippen molar-refractivity contribution in [3.63, 3.8) is 0 Å². The second-order valence-corrected chi connectivity index (χ2v) is 8.63. The number of fused-ring (bicyclic) bond motifs is 4. The van der Waals surface area contributed by atoms with Gasteiger partial charge in [0.2, 0.25) is 5.91 Å². The number of anilines is 2. The Bertz CT molecular complexity index is 1080. The van der Waals surface area contributed by atoms with Crippen LogP contribution in [-0.4, -0.2) is 55.0 Å². The van der Waals surface area contributed by atoms with Crippen LogP contribution in [0.15, 0.2) is 48.5 Å². The van der Waals surface area contributed by atoms with E-state index in [9.17, 15) is 14.4 Å². The van der Waals surface area contributed by atoms with E-state index >= 15 is 0 Å². The molecule has 1 N–H and O–H groups in total. The zero-order valence-corrected chi connectivity index (χ0v) is 17.9. The summed E-state index contributed by atoms with van der Waals surface area (Å²) in [4.78, 5) is 45.8. The van der Waals surface area contributed by atoms with Gasteiger partial charge in [-0.15, -0.1) is 0 Å². The van der Waals surface area contributed by atoms with Gasteiger partial charge in [0, 0.05) is 36.8 Å². The highest BCUT2D eigenvalue weighted by Crippen LogP contribution is 2.48. The number of para-hydroxylation sites is 1. The van der Waals surface area contributed by atoms with Crippen LogP contribution in [0.2, 0.25) is 5.02 Å². The topological polar surface area (TPSA) is 73.0 Å². The van der Waals surface area contributed by atoms with Crippen molar-refractivity contribution < 1.29 is 14.4 Å². The van der Waals surface area contributed by atoms with E-state index in [1.807, 2.05) is 18.2 Å². The van der Waals surface area contributed by atoms with Crippen LogP contribution in [-0.2, 0) is 16.0 Å². The number of nitrogens with one attached hydrogen (secondary N) is 1. The van der Waals surface area contributed by atoms with Gasteiger partial charge in [-0.05, 0) is 36.4 Å². The highest BCUT2D eigenvalue weighted by atomic mass is 35.5. The second kappa shape index (κ2) is 7.35. The van der Waals surface area contributed by atoms with Gasteiger partial charge in [0.15, 0.2) is 5.41 Å². The molecule has 160 valence electrons. The summed E-state index contributed by atoms with van der Waals surface area (Å²) in [5, 5.41) is 3.00. The van der Waals surface area contributed by atoms with E-state index in [1.54, 1.807) is 30.3 Å². The van der Waals surface area contributed by atoms with Crippen LogP contribution in [0.25, 0.3) is 0 Å². The summed E-state index contributed by atoms with van der Waals surface area (Å²) < 4.78 is 0. The van der Waals surface area contributed by atoms with Gasteiger partial charge in [-0.3, -0.25) is 19.8 Å². The van der Waals surface area contributed by atoms with Crippen LogP contribution in [0.1, 0.15) is 12.5 Å². The molecule has 3 aliphatic rings. The molecule has 2 atom stereocenters. The Balaban J connectivity index is 1.69. The third-order valence-electron chi connectivity index (χ3n) is 6.77.